The summed E-state index contributed by atoms with van der Waals surface area (Å²) in [5, 5.41) is 21.8. The number of carbonyl (C=O) groups is 1. The normalized spacial score (nSPS) is 11.9. The Morgan fingerprint density at radius 3 is 2.60 bits per heavy atom. The average Bonchev–Trinajstić information content (AvgIpc) is 2.82. The summed E-state index contributed by atoms with van der Waals surface area (Å²) in [5.41, 5.74) is 1.62. The number of carbonyl (C=O) groups excluding carboxylic acids is 1. The van der Waals surface area contributed by atoms with E-state index in [0.717, 1.165) is 10.8 Å². The minimum atomic E-state index is -4.30. The summed E-state index contributed by atoms with van der Waals surface area (Å²) in [4.78, 5) is 11.6. The second-order valence-corrected chi connectivity index (χ2v) is 8.87. The molecule has 10 nitrogen and oxygen atoms in total. The van der Waals surface area contributed by atoms with Gasteiger partial charge in [-0.3, -0.25) is 4.72 Å². The second-order valence-electron chi connectivity index (χ2n) is 7.45. The molecule has 0 saturated carbocycles. The number of methoxy groups -OCH3 is 1. The molecule has 3 rings (SSSR count). The number of nitriles is 1. The van der Waals surface area contributed by atoms with Gasteiger partial charge in [-0.05, 0) is 65.2 Å². The van der Waals surface area contributed by atoms with Gasteiger partial charge in [0.25, 0.3) is 0 Å². The summed E-state index contributed by atoms with van der Waals surface area (Å²) in [6, 6.07) is 17.3. The van der Waals surface area contributed by atoms with Gasteiger partial charge in [-0.15, -0.1) is 0 Å². The van der Waals surface area contributed by atoms with Crippen molar-refractivity contribution in [3.05, 3.63) is 71.3 Å². The molecule has 0 aliphatic rings. The van der Waals surface area contributed by atoms with Crippen molar-refractivity contribution in [3.8, 4) is 11.8 Å². The van der Waals surface area contributed by atoms with Gasteiger partial charge in [0.05, 0.1) is 30.0 Å². The van der Waals surface area contributed by atoms with Crippen LogP contribution in [0, 0.1) is 11.3 Å². The van der Waals surface area contributed by atoms with E-state index in [1.165, 1.54) is 19.2 Å². The van der Waals surface area contributed by atoms with Crippen molar-refractivity contribution < 1.29 is 32.5 Å². The smallest absolute Gasteiger partial charge is 0.422 e. The number of amides is 1. The largest absolute Gasteiger partial charge is 0.468 e. The number of benzene rings is 3. The zero-order valence-corrected chi connectivity index (χ0v) is 20.0. The Morgan fingerprint density at radius 2 is 1.89 bits per heavy atom. The number of aliphatic hydroxyl groups is 1. The minimum absolute atomic E-state index is 0.00590. The van der Waals surface area contributed by atoms with E-state index in [1.807, 2.05) is 12.1 Å². The summed E-state index contributed by atoms with van der Waals surface area (Å²) in [6.07, 6.45) is -2.11. The fourth-order valence-electron chi connectivity index (χ4n) is 3.36. The Bertz CT molecular complexity index is 1350. The maximum absolute atomic E-state index is 12.4. The molecule has 1 atom stereocenters. The Labute approximate surface area is 203 Å². The number of hydrogen-bond acceptors (Lipinski definition) is 8. The van der Waals surface area contributed by atoms with Crippen LogP contribution in [-0.2, 0) is 26.1 Å². The molecule has 0 fully saturated rings. The maximum atomic E-state index is 12.4. The van der Waals surface area contributed by atoms with E-state index >= 15 is 0 Å². The fourth-order valence-corrected chi connectivity index (χ4v) is 4.18. The predicted octanol–water partition coefficient (Wildman–Crippen LogP) is 3.37. The number of fused-ring (bicyclic) bond motifs is 1. The highest BCUT2D eigenvalue weighted by Gasteiger charge is 2.19. The number of nitrogens with one attached hydrogen (secondary N) is 2. The molecule has 3 aromatic carbocycles. The van der Waals surface area contributed by atoms with Gasteiger partial charge in [-0.25, -0.2) is 9.52 Å². The lowest BCUT2D eigenvalue weighted by Gasteiger charge is -2.18. The molecule has 1 amide bonds. The van der Waals surface area contributed by atoms with Crippen molar-refractivity contribution in [3.63, 3.8) is 0 Å². The molecule has 35 heavy (non-hydrogen) atoms. The Kier molecular flexibility index (Phi) is 8.48. The molecule has 1 unspecified atom stereocenters. The van der Waals surface area contributed by atoms with Gasteiger partial charge in [0.2, 0.25) is 0 Å². The molecular weight excluding hydrogens is 474 g/mol. The zero-order valence-electron chi connectivity index (χ0n) is 19.1. The first kappa shape index (κ1) is 25.8. The first-order chi connectivity index (χ1) is 16.7. The van der Waals surface area contributed by atoms with Crippen molar-refractivity contribution in [2.45, 2.75) is 19.4 Å². The maximum Gasteiger partial charge on any atom is 0.422 e. The molecular formula is C24H25N3O7S. The summed E-state index contributed by atoms with van der Waals surface area (Å²) >= 11 is 0. The number of ether oxygens (including phenoxy) is 3. The van der Waals surface area contributed by atoms with E-state index in [0.29, 0.717) is 22.4 Å². The molecule has 0 bridgehead atoms. The van der Waals surface area contributed by atoms with Crippen molar-refractivity contribution in [1.82, 2.24) is 4.72 Å². The molecule has 11 heteroatoms. The van der Waals surface area contributed by atoms with Gasteiger partial charge in [-0.1, -0.05) is 18.2 Å². The topological polar surface area (TPSA) is 147 Å². The van der Waals surface area contributed by atoms with Crippen molar-refractivity contribution in [1.29, 1.82) is 5.26 Å². The molecule has 0 saturated heterocycles. The van der Waals surface area contributed by atoms with E-state index in [9.17, 15) is 18.3 Å². The van der Waals surface area contributed by atoms with Crippen LogP contribution < -0.4 is 14.2 Å². The SMILES string of the molecule is CCOC(=O)NS(=O)(=O)Nc1ccc(OCOC)cc1CC(O)c1ccc2ccc(C#N)cc2c1. The van der Waals surface area contributed by atoms with Crippen LogP contribution in [0.4, 0.5) is 10.5 Å². The van der Waals surface area contributed by atoms with E-state index in [1.54, 1.807) is 42.0 Å². The summed E-state index contributed by atoms with van der Waals surface area (Å²) in [6.45, 7) is 1.53. The van der Waals surface area contributed by atoms with E-state index in [-0.39, 0.29) is 25.5 Å². The van der Waals surface area contributed by atoms with Gasteiger partial charge >= 0.3 is 16.3 Å². The number of rotatable bonds is 10. The van der Waals surface area contributed by atoms with Crippen LogP contribution in [0.1, 0.15) is 29.7 Å². The third-order valence-electron chi connectivity index (χ3n) is 4.95. The van der Waals surface area contributed by atoms with Gasteiger partial charge < -0.3 is 19.3 Å². The Hall–Kier alpha value is -3.85. The van der Waals surface area contributed by atoms with E-state index in [2.05, 4.69) is 15.5 Å². The van der Waals surface area contributed by atoms with Crippen LogP contribution in [0.2, 0.25) is 0 Å². The van der Waals surface area contributed by atoms with Crippen LogP contribution >= 0.6 is 0 Å². The molecule has 0 heterocycles. The molecule has 3 aromatic rings. The third kappa shape index (κ3) is 7.07. The molecule has 0 radical (unpaired) electrons. The molecule has 184 valence electrons. The van der Waals surface area contributed by atoms with Gasteiger partial charge in [-0.2, -0.15) is 13.7 Å². The highest BCUT2D eigenvalue weighted by Crippen LogP contribution is 2.29. The molecule has 0 spiro atoms. The van der Waals surface area contributed by atoms with Crippen LogP contribution in [0.3, 0.4) is 0 Å². The quantitative estimate of drug-likeness (QED) is 0.360. The second kappa shape index (κ2) is 11.5. The summed E-state index contributed by atoms with van der Waals surface area (Å²) in [5.74, 6) is 0.396. The zero-order chi connectivity index (χ0) is 25.4. The lowest BCUT2D eigenvalue weighted by Crippen LogP contribution is -2.36. The Morgan fingerprint density at radius 1 is 1.11 bits per heavy atom. The summed E-state index contributed by atoms with van der Waals surface area (Å²) < 4.78 is 43.8. The number of nitrogens with zero attached hydrogens (tertiary/aromatic N) is 1. The van der Waals surface area contributed by atoms with Crippen LogP contribution in [0.25, 0.3) is 10.8 Å². The van der Waals surface area contributed by atoms with E-state index < -0.39 is 22.4 Å². The standard InChI is InChI=1S/C24H25N3O7S/c1-3-33-24(29)27-35(30,31)26-22-9-8-21(34-15-32-2)12-20(22)13-23(28)18-7-6-17-5-4-16(14-25)10-19(17)11-18/h4-12,23,26,28H,3,13,15H2,1-2H3,(H,27,29). The summed E-state index contributed by atoms with van der Waals surface area (Å²) in [7, 11) is -2.83. The van der Waals surface area contributed by atoms with Crippen molar-refractivity contribution in [2.75, 3.05) is 25.2 Å². The van der Waals surface area contributed by atoms with Crippen LogP contribution in [-0.4, -0.2) is 40.1 Å². The van der Waals surface area contributed by atoms with E-state index in [4.69, 9.17) is 14.7 Å². The van der Waals surface area contributed by atoms with Crippen LogP contribution in [0.15, 0.2) is 54.6 Å². The number of anilines is 1. The number of aliphatic hydroxyl groups excluding tert-OH is 1. The first-order valence-electron chi connectivity index (χ1n) is 10.6. The average molecular weight is 500 g/mol. The lowest BCUT2D eigenvalue weighted by atomic mass is 9.97. The van der Waals surface area contributed by atoms with Gasteiger partial charge in [0.15, 0.2) is 6.79 Å². The molecule has 0 aliphatic heterocycles. The fraction of sp³-hybridized carbons (Fsp3) is 0.250. The van der Waals surface area contributed by atoms with Crippen molar-refractivity contribution >= 4 is 32.8 Å². The highest BCUT2D eigenvalue weighted by molar-refractivity contribution is 7.91. The first-order valence-corrected chi connectivity index (χ1v) is 12.1. The molecule has 0 aromatic heterocycles. The Balaban J connectivity index is 1.90. The van der Waals surface area contributed by atoms with Gasteiger partial charge in [0, 0.05) is 13.5 Å². The minimum Gasteiger partial charge on any atom is -0.468 e. The monoisotopic (exact) mass is 499 g/mol. The molecule has 3 N–H and O–H groups in total. The lowest BCUT2D eigenvalue weighted by molar-refractivity contribution is 0.0510. The third-order valence-corrected chi connectivity index (χ3v) is 5.87. The van der Waals surface area contributed by atoms with Crippen LogP contribution in [0.5, 0.6) is 5.75 Å². The molecule has 0 aliphatic carbocycles. The van der Waals surface area contributed by atoms with Gasteiger partial charge in [0.1, 0.15) is 5.75 Å². The van der Waals surface area contributed by atoms with Crippen molar-refractivity contribution in [2.24, 2.45) is 0 Å². The number of hydrogen-bond donors (Lipinski definition) is 3. The highest BCUT2D eigenvalue weighted by atomic mass is 32.2. The predicted molar refractivity (Wildman–Crippen MR) is 129 cm³/mol.